The van der Waals surface area contributed by atoms with Crippen molar-refractivity contribution in [3.63, 3.8) is 0 Å². The van der Waals surface area contributed by atoms with Crippen LogP contribution in [0.25, 0.3) is 0 Å². The van der Waals surface area contributed by atoms with E-state index in [-0.39, 0.29) is 43.4 Å². The molecule has 0 bridgehead atoms. The Morgan fingerprint density at radius 3 is 2.21 bits per heavy atom. The Morgan fingerprint density at radius 2 is 1.57 bits per heavy atom. The van der Waals surface area contributed by atoms with Crippen LogP contribution in [0.2, 0.25) is 0 Å². The van der Waals surface area contributed by atoms with E-state index in [1.165, 1.54) is 28.6 Å². The van der Waals surface area contributed by atoms with Crippen molar-refractivity contribution in [1.29, 1.82) is 0 Å². The first-order chi connectivity index (χ1) is 20.4. The molecule has 6 atom stereocenters. The molecule has 7 N–H and O–H groups in total. The van der Waals surface area contributed by atoms with Gasteiger partial charge in [0.05, 0.1) is 30.3 Å². The number of likely N-dealkylation sites (N-methyl/N-ethyl adjacent to an activating group) is 1. The van der Waals surface area contributed by atoms with Gasteiger partial charge in [-0.3, -0.25) is 14.3 Å². The van der Waals surface area contributed by atoms with E-state index in [2.05, 4.69) is 63.3 Å². The van der Waals surface area contributed by atoms with Gasteiger partial charge in [-0.25, -0.2) is 0 Å². The number of hydrogen-bond acceptors (Lipinski definition) is 8. The highest BCUT2D eigenvalue weighted by atomic mass is 32.2. The second-order valence-corrected chi connectivity index (χ2v) is 11.3. The molecule has 0 aromatic heterocycles. The van der Waals surface area contributed by atoms with E-state index in [4.69, 9.17) is 20.9 Å². The van der Waals surface area contributed by atoms with Crippen molar-refractivity contribution in [1.82, 2.24) is 15.4 Å². The van der Waals surface area contributed by atoms with Gasteiger partial charge in [-0.05, 0) is 54.5 Å². The molecule has 0 saturated heterocycles. The quantitative estimate of drug-likeness (QED) is 0.135. The molecule has 0 aliphatic heterocycles. The van der Waals surface area contributed by atoms with Crippen LogP contribution < -0.4 is 26.8 Å². The molecule has 2 aromatic rings. The molecule has 42 heavy (non-hydrogen) atoms. The number of carbonyl (C=O) groups is 2. The van der Waals surface area contributed by atoms with Crippen molar-refractivity contribution in [2.75, 3.05) is 26.0 Å². The molecule has 10 heteroatoms. The third kappa shape index (κ3) is 8.36. The molecule has 4 rings (SSSR count). The Labute approximate surface area is 252 Å². The summed E-state index contributed by atoms with van der Waals surface area (Å²) in [5.74, 6) is 11.4. The summed E-state index contributed by atoms with van der Waals surface area (Å²) in [6.07, 6.45) is 1.80. The molecule has 0 spiro atoms. The van der Waals surface area contributed by atoms with Crippen LogP contribution >= 0.6 is 11.9 Å². The van der Waals surface area contributed by atoms with Gasteiger partial charge < -0.3 is 31.6 Å². The molecular formula is C32H39N5O4S. The molecule has 0 heterocycles. The van der Waals surface area contributed by atoms with Gasteiger partial charge in [0, 0.05) is 18.6 Å². The van der Waals surface area contributed by atoms with Crippen LogP contribution in [-0.4, -0.2) is 62.1 Å². The molecule has 0 radical (unpaired) electrons. The molecule has 2 aromatic carbocycles. The van der Waals surface area contributed by atoms with E-state index in [1.807, 2.05) is 24.3 Å². The molecule has 9 nitrogen and oxygen atoms in total. The lowest BCUT2D eigenvalue weighted by atomic mass is 10.1. The fraction of sp³-hybridized carbons (Fsp3) is 0.438. The predicted octanol–water partition coefficient (Wildman–Crippen LogP) is 1.52. The lowest BCUT2D eigenvalue weighted by Gasteiger charge is -2.22. The zero-order chi connectivity index (χ0) is 29.9. The second kappa shape index (κ2) is 15.8. The highest BCUT2D eigenvalue weighted by Gasteiger charge is 2.33. The zero-order valence-electron chi connectivity index (χ0n) is 24.0. The number of ether oxygens (including phenoxy) is 2. The third-order valence-corrected chi connectivity index (χ3v) is 8.46. The van der Waals surface area contributed by atoms with Crippen molar-refractivity contribution in [3.05, 3.63) is 70.8 Å². The first-order valence-electron chi connectivity index (χ1n) is 14.1. The summed E-state index contributed by atoms with van der Waals surface area (Å²) < 4.78 is 15.5. The van der Waals surface area contributed by atoms with E-state index < -0.39 is 18.0 Å². The number of nitrogens with two attached hydrogens (primary N) is 2. The number of nitrogens with one attached hydrogen (secondary N) is 3. The molecule has 222 valence electrons. The Morgan fingerprint density at radius 1 is 0.976 bits per heavy atom. The maximum absolute atomic E-state index is 12.2. The van der Waals surface area contributed by atoms with Crippen LogP contribution in [0.3, 0.4) is 0 Å². The van der Waals surface area contributed by atoms with E-state index in [9.17, 15) is 9.59 Å². The van der Waals surface area contributed by atoms with Crippen molar-refractivity contribution >= 4 is 23.8 Å². The van der Waals surface area contributed by atoms with Gasteiger partial charge >= 0.3 is 0 Å². The Bertz CT molecular complexity index is 1360. The highest BCUT2D eigenvalue weighted by molar-refractivity contribution is 7.97. The molecule has 0 saturated carbocycles. The first kappa shape index (κ1) is 31.6. The van der Waals surface area contributed by atoms with E-state index in [0.717, 1.165) is 18.4 Å². The van der Waals surface area contributed by atoms with Crippen molar-refractivity contribution in [3.8, 4) is 23.7 Å². The van der Waals surface area contributed by atoms with Crippen LogP contribution in [0.1, 0.15) is 47.7 Å². The largest absolute Gasteiger partial charge is 0.368 e. The number of benzene rings is 2. The van der Waals surface area contributed by atoms with Crippen LogP contribution in [0.15, 0.2) is 48.5 Å². The van der Waals surface area contributed by atoms with Crippen LogP contribution in [0.4, 0.5) is 0 Å². The minimum absolute atomic E-state index is 0.0434. The summed E-state index contributed by atoms with van der Waals surface area (Å²) in [5, 5.41) is 5.56. The third-order valence-electron chi connectivity index (χ3n) is 7.60. The van der Waals surface area contributed by atoms with Crippen molar-refractivity contribution in [2.45, 2.75) is 62.6 Å². The normalized spacial score (nSPS) is 21.6. The molecule has 2 aliphatic carbocycles. The van der Waals surface area contributed by atoms with E-state index in [1.54, 1.807) is 14.0 Å². The summed E-state index contributed by atoms with van der Waals surface area (Å²) in [5.41, 5.74) is 16.6. The summed E-state index contributed by atoms with van der Waals surface area (Å²) in [4.78, 5) is 24.0. The molecule has 0 fully saturated rings. The van der Waals surface area contributed by atoms with Gasteiger partial charge in [0.2, 0.25) is 11.8 Å². The van der Waals surface area contributed by atoms with Gasteiger partial charge in [0.15, 0.2) is 0 Å². The van der Waals surface area contributed by atoms with E-state index >= 15 is 0 Å². The number of rotatable bonds is 13. The highest BCUT2D eigenvalue weighted by Crippen LogP contribution is 2.34. The van der Waals surface area contributed by atoms with Crippen LogP contribution in [0.5, 0.6) is 0 Å². The molecule has 0 unspecified atom stereocenters. The summed E-state index contributed by atoms with van der Waals surface area (Å²) in [7, 11) is 1.68. The van der Waals surface area contributed by atoms with Crippen molar-refractivity contribution in [2.24, 2.45) is 11.5 Å². The molecule has 2 amide bonds. The topological polar surface area (TPSA) is 141 Å². The standard InChI is InChI=1S/C32H39N5O4S/c1-21(35-2)32(39)36-26(31(34)38)15-18-42-37-30-25-14-8-6-12-23(25)20-28(30)41-17-10-4-3-9-16-40-27-19-22-11-5-7-13-24(22)29(27)33/h5-8,11-14,21,26-30,35,37H,15-20,33H2,1-2H3,(H2,34,38)(H,36,39)/t21-,26-,27+,28+,29-,30-/m0/s1. The molecule has 2 aliphatic rings. The number of hydrogen-bond donors (Lipinski definition) is 5. The van der Waals surface area contributed by atoms with Gasteiger partial charge in [-0.15, -0.1) is 0 Å². The van der Waals surface area contributed by atoms with Gasteiger partial charge in [0.1, 0.15) is 19.3 Å². The Kier molecular flexibility index (Phi) is 11.8. The maximum Gasteiger partial charge on any atom is 0.240 e. The smallest absolute Gasteiger partial charge is 0.240 e. The zero-order valence-corrected chi connectivity index (χ0v) is 24.8. The summed E-state index contributed by atoms with van der Waals surface area (Å²) >= 11 is 1.48. The molecular weight excluding hydrogens is 550 g/mol. The van der Waals surface area contributed by atoms with Crippen molar-refractivity contribution < 1.29 is 19.1 Å². The lowest BCUT2D eigenvalue weighted by molar-refractivity contribution is -0.128. The first-order valence-corrected chi connectivity index (χ1v) is 15.1. The minimum Gasteiger partial charge on any atom is -0.368 e. The Balaban J connectivity index is 1.21. The SMILES string of the molecule is CN[C@@H](C)C(=O)N[C@@H](CCSN[C@H]1c2ccccc2C[C@H]1OCC#CC#CCO[C@@H]1Cc2ccccc2[C@@H]1N)C(N)=O. The fourth-order valence-electron chi connectivity index (χ4n) is 5.10. The number of primary amides is 1. The maximum atomic E-state index is 12.2. The summed E-state index contributed by atoms with van der Waals surface area (Å²) in [6, 6.07) is 15.1. The average Bonchev–Trinajstić information content (AvgIpc) is 3.51. The van der Waals surface area contributed by atoms with Crippen LogP contribution in [0, 0.1) is 23.7 Å². The monoisotopic (exact) mass is 589 g/mol. The summed E-state index contributed by atoms with van der Waals surface area (Å²) in [6.45, 7) is 2.25. The predicted molar refractivity (Wildman–Crippen MR) is 165 cm³/mol. The van der Waals surface area contributed by atoms with Gasteiger partial charge in [-0.2, -0.15) is 0 Å². The number of fused-ring (bicyclic) bond motifs is 2. The van der Waals surface area contributed by atoms with E-state index in [0.29, 0.717) is 12.2 Å². The lowest BCUT2D eigenvalue weighted by Crippen LogP contribution is -2.50. The number of amides is 2. The second-order valence-electron chi connectivity index (χ2n) is 10.3. The average molecular weight is 590 g/mol. The minimum atomic E-state index is -0.738. The van der Waals surface area contributed by atoms with Crippen LogP contribution in [-0.2, 0) is 31.9 Å². The van der Waals surface area contributed by atoms with Gasteiger partial charge in [0.25, 0.3) is 0 Å². The fourth-order valence-corrected chi connectivity index (χ4v) is 6.03. The Hall–Kier alpha value is -3.35. The number of carbonyl (C=O) groups excluding carboxylic acids is 2. The van der Waals surface area contributed by atoms with Gasteiger partial charge in [-0.1, -0.05) is 72.3 Å².